The van der Waals surface area contributed by atoms with Crippen molar-refractivity contribution in [1.82, 2.24) is 15.2 Å². The number of carboxylic acids is 1. The van der Waals surface area contributed by atoms with E-state index in [0.29, 0.717) is 13.0 Å². The van der Waals surface area contributed by atoms with E-state index in [-0.39, 0.29) is 0 Å². The van der Waals surface area contributed by atoms with Gasteiger partial charge in [-0.2, -0.15) is 0 Å². The van der Waals surface area contributed by atoms with Crippen LogP contribution < -0.4 is 5.32 Å². The molecule has 104 valence electrons. The quantitative estimate of drug-likeness (QED) is 0.657. The van der Waals surface area contributed by atoms with Crippen molar-refractivity contribution in [2.75, 3.05) is 20.2 Å². The number of likely N-dealkylation sites (N-methyl/N-ethyl adjacent to an activating group) is 1. The van der Waals surface area contributed by atoms with Crippen LogP contribution in [0.25, 0.3) is 0 Å². The second kappa shape index (κ2) is 7.32. The first-order valence-corrected chi connectivity index (χ1v) is 5.79. The molecule has 0 aliphatic heterocycles. The molecule has 2 amide bonds. The van der Waals surface area contributed by atoms with E-state index in [9.17, 15) is 9.59 Å². The van der Waals surface area contributed by atoms with Gasteiger partial charge >= 0.3 is 12.0 Å². The summed E-state index contributed by atoms with van der Waals surface area (Å²) < 4.78 is 0. The van der Waals surface area contributed by atoms with Crippen LogP contribution in [0, 0.1) is 0 Å². The van der Waals surface area contributed by atoms with Crippen molar-refractivity contribution in [2.24, 2.45) is 0 Å². The lowest BCUT2D eigenvalue weighted by molar-refractivity contribution is -0.140. The third-order valence-corrected chi connectivity index (χ3v) is 2.55. The first-order chi connectivity index (χ1) is 9.04. The number of aliphatic hydroxyl groups excluding tert-OH is 1. The number of aliphatic hydroxyl groups is 1. The van der Waals surface area contributed by atoms with Crippen LogP contribution >= 0.6 is 0 Å². The molecule has 7 nitrogen and oxygen atoms in total. The van der Waals surface area contributed by atoms with E-state index >= 15 is 0 Å². The van der Waals surface area contributed by atoms with Crippen LogP contribution in [0.3, 0.4) is 0 Å². The van der Waals surface area contributed by atoms with E-state index in [1.807, 2.05) is 12.1 Å². The zero-order chi connectivity index (χ0) is 14.3. The second-order valence-corrected chi connectivity index (χ2v) is 4.02. The lowest BCUT2D eigenvalue weighted by atomic mass is 10.2. The van der Waals surface area contributed by atoms with Gasteiger partial charge in [0.2, 0.25) is 0 Å². The van der Waals surface area contributed by atoms with Crippen LogP contribution in [-0.4, -0.2) is 58.3 Å². The molecule has 0 radical (unpaired) electrons. The Morgan fingerprint density at radius 2 is 2.21 bits per heavy atom. The molecule has 7 heteroatoms. The molecule has 19 heavy (non-hydrogen) atoms. The first-order valence-electron chi connectivity index (χ1n) is 5.79. The summed E-state index contributed by atoms with van der Waals surface area (Å²) in [6, 6.07) is 3.68. The molecule has 1 aromatic heterocycles. The monoisotopic (exact) mass is 267 g/mol. The summed E-state index contributed by atoms with van der Waals surface area (Å²) in [5.41, 5.74) is 0.846. The van der Waals surface area contributed by atoms with Crippen LogP contribution in [-0.2, 0) is 11.2 Å². The number of aromatic nitrogens is 1. The maximum atomic E-state index is 11.7. The van der Waals surface area contributed by atoms with E-state index in [1.165, 1.54) is 4.90 Å². The summed E-state index contributed by atoms with van der Waals surface area (Å²) in [6.45, 7) is -0.240. The summed E-state index contributed by atoms with van der Waals surface area (Å²) in [4.78, 5) is 27.8. The molecule has 1 heterocycles. The number of nitrogens with zero attached hydrogens (tertiary/aromatic N) is 2. The Bertz CT molecular complexity index is 424. The number of rotatable bonds is 6. The minimum absolute atomic E-state index is 0.403. The zero-order valence-electron chi connectivity index (χ0n) is 10.6. The molecule has 0 fully saturated rings. The predicted octanol–water partition coefficient (Wildman–Crippen LogP) is -0.289. The molecule has 0 aromatic carbocycles. The predicted molar refractivity (Wildman–Crippen MR) is 67.6 cm³/mol. The molecule has 0 saturated heterocycles. The van der Waals surface area contributed by atoms with Gasteiger partial charge < -0.3 is 20.4 Å². The maximum absolute atomic E-state index is 11.7. The number of nitrogens with one attached hydrogen (secondary N) is 1. The maximum Gasteiger partial charge on any atom is 0.328 e. The molecule has 1 aromatic rings. The second-order valence-electron chi connectivity index (χ2n) is 4.02. The van der Waals surface area contributed by atoms with Crippen molar-refractivity contribution >= 4 is 12.0 Å². The highest BCUT2D eigenvalue weighted by Crippen LogP contribution is 1.97. The number of hydrogen-bond acceptors (Lipinski definition) is 4. The van der Waals surface area contributed by atoms with Crippen LogP contribution in [0.1, 0.15) is 5.69 Å². The molecule has 1 rings (SSSR count). The van der Waals surface area contributed by atoms with E-state index < -0.39 is 24.6 Å². The Labute approximate surface area is 110 Å². The highest BCUT2D eigenvalue weighted by Gasteiger charge is 2.20. The molecule has 0 spiro atoms. The topological polar surface area (TPSA) is 103 Å². The molecule has 0 unspecified atom stereocenters. The lowest BCUT2D eigenvalue weighted by Gasteiger charge is -2.20. The molecule has 0 aliphatic rings. The van der Waals surface area contributed by atoms with Gasteiger partial charge in [-0.3, -0.25) is 4.98 Å². The van der Waals surface area contributed by atoms with Crippen molar-refractivity contribution in [2.45, 2.75) is 12.5 Å². The van der Waals surface area contributed by atoms with Gasteiger partial charge in [-0.25, -0.2) is 9.59 Å². The van der Waals surface area contributed by atoms with Crippen molar-refractivity contribution in [1.29, 1.82) is 0 Å². The van der Waals surface area contributed by atoms with Crippen LogP contribution in [0.2, 0.25) is 0 Å². The van der Waals surface area contributed by atoms with Crippen molar-refractivity contribution < 1.29 is 19.8 Å². The SMILES string of the molecule is CN(CCc1ccccn1)C(=O)N[C@@H](CO)C(=O)O. The fourth-order valence-electron chi connectivity index (χ4n) is 1.37. The molecule has 0 bridgehead atoms. The zero-order valence-corrected chi connectivity index (χ0v) is 10.6. The highest BCUT2D eigenvalue weighted by molar-refractivity contribution is 5.82. The molecular formula is C12H17N3O4. The fourth-order valence-corrected chi connectivity index (χ4v) is 1.37. The summed E-state index contributed by atoms with van der Waals surface area (Å²) in [5, 5.41) is 19.7. The summed E-state index contributed by atoms with van der Waals surface area (Å²) in [7, 11) is 1.55. The number of carbonyl (C=O) groups is 2. The Kier molecular flexibility index (Phi) is 5.74. The Morgan fingerprint density at radius 1 is 1.47 bits per heavy atom. The number of carboxylic acid groups (broad SMARTS) is 1. The normalized spacial score (nSPS) is 11.7. The minimum Gasteiger partial charge on any atom is -0.480 e. The standard InChI is InChI=1S/C12H17N3O4/c1-15(7-5-9-4-2-3-6-13-9)12(19)14-10(8-16)11(17)18/h2-4,6,10,16H,5,7-8H2,1H3,(H,14,19)(H,17,18)/t10-/m0/s1. The van der Waals surface area contributed by atoms with Gasteiger partial charge in [-0.15, -0.1) is 0 Å². The number of hydrogen-bond donors (Lipinski definition) is 3. The molecular weight excluding hydrogens is 250 g/mol. The number of pyridine rings is 1. The van der Waals surface area contributed by atoms with Crippen molar-refractivity contribution in [3.63, 3.8) is 0 Å². The third-order valence-electron chi connectivity index (χ3n) is 2.55. The molecule has 1 atom stereocenters. The molecule has 0 aliphatic carbocycles. The van der Waals surface area contributed by atoms with Gasteiger partial charge in [0, 0.05) is 31.9 Å². The van der Waals surface area contributed by atoms with Crippen molar-refractivity contribution in [3.05, 3.63) is 30.1 Å². The van der Waals surface area contributed by atoms with Gasteiger partial charge in [0.05, 0.1) is 6.61 Å². The molecule has 0 saturated carbocycles. The Hall–Kier alpha value is -2.15. The number of urea groups is 1. The van der Waals surface area contributed by atoms with E-state index in [4.69, 9.17) is 10.2 Å². The van der Waals surface area contributed by atoms with Gasteiger partial charge in [0.15, 0.2) is 6.04 Å². The smallest absolute Gasteiger partial charge is 0.328 e. The van der Waals surface area contributed by atoms with E-state index in [1.54, 1.807) is 19.3 Å². The van der Waals surface area contributed by atoms with E-state index in [0.717, 1.165) is 5.69 Å². The number of amides is 2. The Morgan fingerprint density at radius 3 is 2.74 bits per heavy atom. The van der Waals surface area contributed by atoms with Gasteiger partial charge in [-0.05, 0) is 12.1 Å². The summed E-state index contributed by atoms with van der Waals surface area (Å²) >= 11 is 0. The Balaban J connectivity index is 2.42. The molecule has 3 N–H and O–H groups in total. The van der Waals surface area contributed by atoms with Gasteiger partial charge in [0.1, 0.15) is 0 Å². The van der Waals surface area contributed by atoms with Crippen LogP contribution in [0.4, 0.5) is 4.79 Å². The average Bonchev–Trinajstić information content (AvgIpc) is 2.42. The number of aliphatic carboxylic acids is 1. The largest absolute Gasteiger partial charge is 0.480 e. The highest BCUT2D eigenvalue weighted by atomic mass is 16.4. The average molecular weight is 267 g/mol. The van der Waals surface area contributed by atoms with E-state index in [2.05, 4.69) is 10.3 Å². The van der Waals surface area contributed by atoms with Crippen LogP contribution in [0.15, 0.2) is 24.4 Å². The van der Waals surface area contributed by atoms with Crippen molar-refractivity contribution in [3.8, 4) is 0 Å². The van der Waals surface area contributed by atoms with Crippen LogP contribution in [0.5, 0.6) is 0 Å². The minimum atomic E-state index is -1.29. The third kappa shape index (κ3) is 4.92. The lowest BCUT2D eigenvalue weighted by Crippen LogP contribution is -2.48. The van der Waals surface area contributed by atoms with Gasteiger partial charge in [0.25, 0.3) is 0 Å². The first kappa shape index (κ1) is 14.9. The fraction of sp³-hybridized carbons (Fsp3) is 0.417. The summed E-state index contributed by atoms with van der Waals surface area (Å²) in [5.74, 6) is -1.27. The van der Waals surface area contributed by atoms with Gasteiger partial charge in [-0.1, -0.05) is 6.07 Å². The number of carbonyl (C=O) groups excluding carboxylic acids is 1. The summed E-state index contributed by atoms with van der Waals surface area (Å²) in [6.07, 6.45) is 2.24.